The second kappa shape index (κ2) is 4.80. The van der Waals surface area contributed by atoms with Crippen LogP contribution in [-0.4, -0.2) is 44.3 Å². The van der Waals surface area contributed by atoms with Gasteiger partial charge in [-0.05, 0) is 32.0 Å². The van der Waals surface area contributed by atoms with Gasteiger partial charge in [-0.3, -0.25) is 0 Å². The maximum atomic E-state index is 5.66. The molecule has 0 radical (unpaired) electrons. The lowest BCUT2D eigenvalue weighted by molar-refractivity contribution is -0.00641. The summed E-state index contributed by atoms with van der Waals surface area (Å²) in [5.74, 6) is 0.567. The fourth-order valence-electron chi connectivity index (χ4n) is 1.85. The van der Waals surface area contributed by atoms with Crippen molar-refractivity contribution in [3.05, 3.63) is 0 Å². The standard InChI is InChI=1S/C9H20N2O/c1-3-11-5-4-8(6-10)9(7-11)12-2/h8-9H,3-7,10H2,1-2H3. The molecular weight excluding hydrogens is 152 g/mol. The van der Waals surface area contributed by atoms with Gasteiger partial charge in [0.25, 0.3) is 0 Å². The number of piperidine rings is 1. The Morgan fingerprint density at radius 3 is 2.83 bits per heavy atom. The summed E-state index contributed by atoms with van der Waals surface area (Å²) in [6.45, 7) is 6.30. The molecule has 0 aliphatic carbocycles. The molecule has 3 nitrogen and oxygen atoms in total. The molecule has 0 amide bonds. The van der Waals surface area contributed by atoms with Gasteiger partial charge in [0.2, 0.25) is 0 Å². The van der Waals surface area contributed by atoms with Crippen LogP contribution in [-0.2, 0) is 4.74 Å². The third-order valence-corrected chi connectivity index (χ3v) is 2.83. The molecule has 12 heavy (non-hydrogen) atoms. The summed E-state index contributed by atoms with van der Waals surface area (Å²) in [6, 6.07) is 0. The van der Waals surface area contributed by atoms with Crippen molar-refractivity contribution in [3.63, 3.8) is 0 Å². The van der Waals surface area contributed by atoms with E-state index in [1.54, 1.807) is 7.11 Å². The lowest BCUT2D eigenvalue weighted by Gasteiger charge is -2.36. The number of likely N-dealkylation sites (tertiary alicyclic amines) is 1. The van der Waals surface area contributed by atoms with E-state index in [0.717, 1.165) is 19.6 Å². The van der Waals surface area contributed by atoms with E-state index in [0.29, 0.717) is 12.0 Å². The van der Waals surface area contributed by atoms with Gasteiger partial charge in [-0.1, -0.05) is 6.92 Å². The molecule has 0 aromatic carbocycles. The summed E-state index contributed by atoms with van der Waals surface area (Å²) >= 11 is 0. The Morgan fingerprint density at radius 1 is 1.58 bits per heavy atom. The van der Waals surface area contributed by atoms with Gasteiger partial charge in [0.1, 0.15) is 0 Å². The first-order valence-corrected chi connectivity index (χ1v) is 4.77. The number of hydrogen-bond donors (Lipinski definition) is 1. The molecule has 3 heteroatoms. The summed E-state index contributed by atoms with van der Waals surface area (Å²) in [5, 5.41) is 0. The van der Waals surface area contributed by atoms with Crippen molar-refractivity contribution in [2.24, 2.45) is 11.7 Å². The predicted molar refractivity (Wildman–Crippen MR) is 50.1 cm³/mol. The van der Waals surface area contributed by atoms with Crippen LogP contribution in [0.2, 0.25) is 0 Å². The highest BCUT2D eigenvalue weighted by Crippen LogP contribution is 2.18. The van der Waals surface area contributed by atoms with Crippen molar-refractivity contribution in [3.8, 4) is 0 Å². The van der Waals surface area contributed by atoms with Crippen LogP contribution in [0, 0.1) is 5.92 Å². The van der Waals surface area contributed by atoms with Crippen LogP contribution in [0.4, 0.5) is 0 Å². The van der Waals surface area contributed by atoms with Gasteiger partial charge in [-0.25, -0.2) is 0 Å². The van der Waals surface area contributed by atoms with Gasteiger partial charge in [-0.2, -0.15) is 0 Å². The first-order chi connectivity index (χ1) is 5.81. The Bertz CT molecular complexity index is 130. The molecule has 1 aliphatic rings. The topological polar surface area (TPSA) is 38.5 Å². The average Bonchev–Trinajstić information content (AvgIpc) is 2.16. The lowest BCUT2D eigenvalue weighted by atomic mass is 9.94. The second-order valence-electron chi connectivity index (χ2n) is 3.45. The highest BCUT2D eigenvalue weighted by Gasteiger charge is 2.26. The molecule has 2 unspecified atom stereocenters. The average molecular weight is 172 g/mol. The van der Waals surface area contributed by atoms with Gasteiger partial charge < -0.3 is 15.4 Å². The summed E-state index contributed by atoms with van der Waals surface area (Å²) in [4.78, 5) is 2.42. The van der Waals surface area contributed by atoms with Gasteiger partial charge in [0, 0.05) is 13.7 Å². The van der Waals surface area contributed by atoms with E-state index in [-0.39, 0.29) is 0 Å². The highest BCUT2D eigenvalue weighted by molar-refractivity contribution is 4.80. The molecule has 1 aliphatic heterocycles. The molecular formula is C9H20N2O. The number of likely N-dealkylation sites (N-methyl/N-ethyl adjacent to an activating group) is 1. The van der Waals surface area contributed by atoms with Crippen LogP contribution in [0.5, 0.6) is 0 Å². The number of rotatable bonds is 3. The van der Waals surface area contributed by atoms with Crippen LogP contribution in [0.25, 0.3) is 0 Å². The first-order valence-electron chi connectivity index (χ1n) is 4.77. The molecule has 0 bridgehead atoms. The van der Waals surface area contributed by atoms with E-state index < -0.39 is 0 Å². The Labute approximate surface area is 74.9 Å². The largest absolute Gasteiger partial charge is 0.380 e. The van der Waals surface area contributed by atoms with E-state index in [1.165, 1.54) is 13.0 Å². The van der Waals surface area contributed by atoms with Gasteiger partial charge in [0.05, 0.1) is 6.10 Å². The van der Waals surface area contributed by atoms with Crippen molar-refractivity contribution in [2.75, 3.05) is 33.3 Å². The maximum absolute atomic E-state index is 5.66. The molecule has 0 aromatic rings. The van der Waals surface area contributed by atoms with Crippen LogP contribution in [0.3, 0.4) is 0 Å². The smallest absolute Gasteiger partial charge is 0.0738 e. The molecule has 2 N–H and O–H groups in total. The maximum Gasteiger partial charge on any atom is 0.0738 e. The molecule has 0 aromatic heterocycles. The summed E-state index contributed by atoms with van der Waals surface area (Å²) in [5.41, 5.74) is 5.66. The fourth-order valence-corrected chi connectivity index (χ4v) is 1.85. The van der Waals surface area contributed by atoms with E-state index in [9.17, 15) is 0 Å². The van der Waals surface area contributed by atoms with E-state index in [2.05, 4.69) is 11.8 Å². The molecule has 0 saturated carbocycles. The molecule has 2 atom stereocenters. The van der Waals surface area contributed by atoms with Crippen LogP contribution >= 0.6 is 0 Å². The van der Waals surface area contributed by atoms with Crippen LogP contribution < -0.4 is 5.73 Å². The third-order valence-electron chi connectivity index (χ3n) is 2.83. The number of hydrogen-bond acceptors (Lipinski definition) is 3. The molecule has 1 heterocycles. The second-order valence-corrected chi connectivity index (χ2v) is 3.45. The minimum absolute atomic E-state index is 0.351. The summed E-state index contributed by atoms with van der Waals surface area (Å²) in [6.07, 6.45) is 1.53. The van der Waals surface area contributed by atoms with Crippen molar-refractivity contribution >= 4 is 0 Å². The number of methoxy groups -OCH3 is 1. The fraction of sp³-hybridized carbons (Fsp3) is 1.00. The zero-order chi connectivity index (χ0) is 8.97. The van der Waals surface area contributed by atoms with Gasteiger partial charge >= 0.3 is 0 Å². The Morgan fingerprint density at radius 2 is 2.33 bits per heavy atom. The zero-order valence-electron chi connectivity index (χ0n) is 8.12. The number of nitrogens with zero attached hydrogens (tertiary/aromatic N) is 1. The van der Waals surface area contributed by atoms with Crippen LogP contribution in [0.1, 0.15) is 13.3 Å². The van der Waals surface area contributed by atoms with E-state index >= 15 is 0 Å². The SMILES string of the molecule is CCN1CCC(CN)C(OC)C1. The van der Waals surface area contributed by atoms with Crippen LogP contribution in [0.15, 0.2) is 0 Å². The van der Waals surface area contributed by atoms with Crippen molar-refractivity contribution in [1.29, 1.82) is 0 Å². The van der Waals surface area contributed by atoms with Crippen molar-refractivity contribution in [2.45, 2.75) is 19.4 Å². The van der Waals surface area contributed by atoms with E-state index in [1.807, 2.05) is 0 Å². The Kier molecular flexibility index (Phi) is 3.98. The molecule has 72 valence electrons. The molecule has 0 spiro atoms. The quantitative estimate of drug-likeness (QED) is 0.665. The minimum Gasteiger partial charge on any atom is -0.380 e. The zero-order valence-corrected chi connectivity index (χ0v) is 8.12. The highest BCUT2D eigenvalue weighted by atomic mass is 16.5. The van der Waals surface area contributed by atoms with Crippen molar-refractivity contribution in [1.82, 2.24) is 4.90 Å². The Balaban J connectivity index is 2.41. The summed E-state index contributed by atoms with van der Waals surface area (Å²) in [7, 11) is 1.78. The number of ether oxygens (including phenoxy) is 1. The first kappa shape index (κ1) is 9.96. The third kappa shape index (κ3) is 2.19. The van der Waals surface area contributed by atoms with Crippen molar-refractivity contribution < 1.29 is 4.74 Å². The normalized spacial score (nSPS) is 32.2. The minimum atomic E-state index is 0.351. The van der Waals surface area contributed by atoms with Gasteiger partial charge in [0.15, 0.2) is 0 Å². The molecule has 1 fully saturated rings. The Hall–Kier alpha value is -0.120. The van der Waals surface area contributed by atoms with E-state index in [4.69, 9.17) is 10.5 Å². The lowest BCUT2D eigenvalue weighted by Crippen LogP contribution is -2.46. The monoisotopic (exact) mass is 172 g/mol. The predicted octanol–water partition coefficient (Wildman–Crippen LogP) is 0.302. The number of nitrogens with two attached hydrogens (primary N) is 1. The summed E-state index contributed by atoms with van der Waals surface area (Å²) < 4.78 is 5.41. The molecule has 1 saturated heterocycles. The van der Waals surface area contributed by atoms with Gasteiger partial charge in [-0.15, -0.1) is 0 Å². The molecule has 1 rings (SSSR count).